The van der Waals surface area contributed by atoms with Crippen LogP contribution in [0.25, 0.3) is 0 Å². The fourth-order valence-electron chi connectivity index (χ4n) is 1.77. The molecule has 4 heteroatoms. The van der Waals surface area contributed by atoms with Crippen LogP contribution in [-0.2, 0) is 5.88 Å². The number of benzene rings is 1. The molecular formula is C14H13Cl2NO. The number of halogens is 2. The average Bonchev–Trinajstić information content (AvgIpc) is 2.34. The van der Waals surface area contributed by atoms with Crippen LogP contribution in [-0.4, -0.2) is 4.98 Å². The maximum Gasteiger partial charge on any atom is 0.146 e. The van der Waals surface area contributed by atoms with E-state index in [-0.39, 0.29) is 0 Å². The van der Waals surface area contributed by atoms with Crippen molar-refractivity contribution in [3.05, 3.63) is 52.3 Å². The molecule has 0 aliphatic carbocycles. The van der Waals surface area contributed by atoms with E-state index in [1.165, 1.54) is 0 Å². The summed E-state index contributed by atoms with van der Waals surface area (Å²) in [5.74, 6) is 1.91. The Balaban J connectivity index is 2.33. The van der Waals surface area contributed by atoms with E-state index in [1.54, 1.807) is 12.4 Å². The molecular weight excluding hydrogens is 269 g/mol. The van der Waals surface area contributed by atoms with Crippen LogP contribution >= 0.6 is 23.2 Å². The largest absolute Gasteiger partial charge is 0.455 e. The Labute approximate surface area is 117 Å². The van der Waals surface area contributed by atoms with Gasteiger partial charge in [-0.15, -0.1) is 11.6 Å². The Kier molecular flexibility index (Phi) is 4.10. The van der Waals surface area contributed by atoms with Crippen LogP contribution in [0.3, 0.4) is 0 Å². The highest BCUT2D eigenvalue weighted by atomic mass is 35.5. The molecule has 18 heavy (non-hydrogen) atoms. The summed E-state index contributed by atoms with van der Waals surface area (Å²) in [6.07, 6.45) is 3.39. The summed E-state index contributed by atoms with van der Waals surface area (Å²) in [5, 5.41) is 0.713. The van der Waals surface area contributed by atoms with Crippen molar-refractivity contribution in [1.29, 1.82) is 0 Å². The number of pyridine rings is 1. The minimum Gasteiger partial charge on any atom is -0.455 e. The van der Waals surface area contributed by atoms with E-state index in [9.17, 15) is 0 Å². The zero-order valence-electron chi connectivity index (χ0n) is 10.2. The predicted molar refractivity (Wildman–Crippen MR) is 74.8 cm³/mol. The van der Waals surface area contributed by atoms with Crippen LogP contribution in [0.15, 0.2) is 30.6 Å². The van der Waals surface area contributed by atoms with Gasteiger partial charge in [-0.25, -0.2) is 0 Å². The van der Waals surface area contributed by atoms with Gasteiger partial charge >= 0.3 is 0 Å². The first-order chi connectivity index (χ1) is 8.60. The third kappa shape index (κ3) is 2.95. The van der Waals surface area contributed by atoms with Crippen molar-refractivity contribution in [2.24, 2.45) is 0 Å². The topological polar surface area (TPSA) is 22.1 Å². The van der Waals surface area contributed by atoms with E-state index < -0.39 is 0 Å². The number of aromatic nitrogens is 1. The molecule has 0 bridgehead atoms. The third-order valence-electron chi connectivity index (χ3n) is 2.57. The van der Waals surface area contributed by atoms with Crippen LogP contribution in [0.2, 0.25) is 5.02 Å². The molecule has 1 aromatic carbocycles. The van der Waals surface area contributed by atoms with E-state index in [4.69, 9.17) is 27.9 Å². The SMILES string of the molecule is Cc1cc(Cl)cc(C)c1Oc1cncc(CCl)c1. The van der Waals surface area contributed by atoms with Gasteiger partial charge in [0.15, 0.2) is 0 Å². The molecule has 0 N–H and O–H groups in total. The third-order valence-corrected chi connectivity index (χ3v) is 3.10. The van der Waals surface area contributed by atoms with Gasteiger partial charge in [0.25, 0.3) is 0 Å². The second-order valence-corrected chi connectivity index (χ2v) is 4.84. The van der Waals surface area contributed by atoms with E-state index >= 15 is 0 Å². The number of ether oxygens (including phenoxy) is 1. The quantitative estimate of drug-likeness (QED) is 0.748. The molecule has 0 saturated heterocycles. The maximum atomic E-state index is 5.99. The highest BCUT2D eigenvalue weighted by molar-refractivity contribution is 6.30. The molecule has 0 atom stereocenters. The number of hydrogen-bond donors (Lipinski definition) is 0. The summed E-state index contributed by atoms with van der Waals surface area (Å²) in [7, 11) is 0. The lowest BCUT2D eigenvalue weighted by atomic mass is 10.1. The molecule has 0 fully saturated rings. The lowest BCUT2D eigenvalue weighted by molar-refractivity contribution is 0.472. The Morgan fingerprint density at radius 2 is 1.78 bits per heavy atom. The molecule has 94 valence electrons. The van der Waals surface area contributed by atoms with E-state index in [0.29, 0.717) is 16.7 Å². The standard InChI is InChI=1S/C14H13Cl2NO/c1-9-3-12(16)4-10(2)14(9)18-13-5-11(6-15)7-17-8-13/h3-5,7-8H,6H2,1-2H3. The first-order valence-corrected chi connectivity index (χ1v) is 6.46. The summed E-state index contributed by atoms with van der Waals surface area (Å²) < 4.78 is 5.86. The minimum atomic E-state index is 0.419. The van der Waals surface area contributed by atoms with Gasteiger partial charge in [-0.3, -0.25) is 4.98 Å². The molecule has 0 saturated carbocycles. The van der Waals surface area contributed by atoms with Crippen LogP contribution in [0.5, 0.6) is 11.5 Å². The molecule has 0 aliphatic rings. The van der Waals surface area contributed by atoms with Gasteiger partial charge in [-0.05, 0) is 48.7 Å². The van der Waals surface area contributed by atoms with Gasteiger partial charge in [0.05, 0.1) is 6.20 Å². The lowest BCUT2D eigenvalue weighted by Crippen LogP contribution is -1.93. The van der Waals surface area contributed by atoms with Crippen molar-refractivity contribution in [3.63, 3.8) is 0 Å². The fourth-order valence-corrected chi connectivity index (χ4v) is 2.24. The van der Waals surface area contributed by atoms with Crippen molar-refractivity contribution in [2.75, 3.05) is 0 Å². The lowest BCUT2D eigenvalue weighted by Gasteiger charge is -2.12. The molecule has 2 aromatic rings. The molecule has 0 unspecified atom stereocenters. The van der Waals surface area contributed by atoms with Crippen molar-refractivity contribution >= 4 is 23.2 Å². The number of nitrogens with zero attached hydrogens (tertiary/aromatic N) is 1. The van der Waals surface area contributed by atoms with Crippen molar-refractivity contribution < 1.29 is 4.74 Å². The second kappa shape index (κ2) is 5.59. The van der Waals surface area contributed by atoms with E-state index in [0.717, 1.165) is 22.4 Å². The van der Waals surface area contributed by atoms with Gasteiger partial charge in [0.1, 0.15) is 11.5 Å². The highest BCUT2D eigenvalue weighted by Crippen LogP contribution is 2.31. The monoisotopic (exact) mass is 281 g/mol. The number of rotatable bonds is 3. The van der Waals surface area contributed by atoms with Crippen LogP contribution < -0.4 is 4.74 Å². The fraction of sp³-hybridized carbons (Fsp3) is 0.214. The van der Waals surface area contributed by atoms with Gasteiger partial charge in [-0.1, -0.05) is 11.6 Å². The van der Waals surface area contributed by atoms with E-state index in [2.05, 4.69) is 4.98 Å². The number of alkyl halides is 1. The van der Waals surface area contributed by atoms with E-state index in [1.807, 2.05) is 32.0 Å². The highest BCUT2D eigenvalue weighted by Gasteiger charge is 2.07. The normalized spacial score (nSPS) is 10.4. The smallest absolute Gasteiger partial charge is 0.146 e. The summed E-state index contributed by atoms with van der Waals surface area (Å²) in [6, 6.07) is 5.64. The van der Waals surface area contributed by atoms with Crippen molar-refractivity contribution in [2.45, 2.75) is 19.7 Å². The Hall–Kier alpha value is -1.25. The number of hydrogen-bond acceptors (Lipinski definition) is 2. The molecule has 0 radical (unpaired) electrons. The van der Waals surface area contributed by atoms with Crippen LogP contribution in [0.1, 0.15) is 16.7 Å². The van der Waals surface area contributed by atoms with Gasteiger partial charge in [-0.2, -0.15) is 0 Å². The Morgan fingerprint density at radius 3 is 2.39 bits per heavy atom. The van der Waals surface area contributed by atoms with Gasteiger partial charge in [0.2, 0.25) is 0 Å². The molecule has 0 spiro atoms. The molecule has 0 amide bonds. The number of aryl methyl sites for hydroxylation is 2. The summed E-state index contributed by atoms with van der Waals surface area (Å²) in [6.45, 7) is 3.93. The second-order valence-electron chi connectivity index (χ2n) is 4.13. The summed E-state index contributed by atoms with van der Waals surface area (Å²) >= 11 is 11.8. The molecule has 2 nitrogen and oxygen atoms in total. The molecule has 1 heterocycles. The molecule has 0 aliphatic heterocycles. The average molecular weight is 282 g/mol. The van der Waals surface area contributed by atoms with Gasteiger partial charge in [0, 0.05) is 17.1 Å². The van der Waals surface area contributed by atoms with Crippen LogP contribution in [0, 0.1) is 13.8 Å². The van der Waals surface area contributed by atoms with Crippen LogP contribution in [0.4, 0.5) is 0 Å². The minimum absolute atomic E-state index is 0.419. The zero-order chi connectivity index (χ0) is 13.1. The van der Waals surface area contributed by atoms with Gasteiger partial charge < -0.3 is 4.74 Å². The summed E-state index contributed by atoms with van der Waals surface area (Å²) in [5.41, 5.74) is 2.92. The molecule has 2 rings (SSSR count). The maximum absolute atomic E-state index is 5.99. The Bertz CT molecular complexity index is 546. The predicted octanol–water partition coefficient (Wildman–Crippen LogP) is 4.88. The molecule has 1 aromatic heterocycles. The summed E-state index contributed by atoms with van der Waals surface area (Å²) in [4.78, 5) is 4.09. The Morgan fingerprint density at radius 1 is 1.11 bits per heavy atom. The first-order valence-electron chi connectivity index (χ1n) is 5.54. The van der Waals surface area contributed by atoms with Crippen molar-refractivity contribution in [3.8, 4) is 11.5 Å². The van der Waals surface area contributed by atoms with Crippen molar-refractivity contribution in [1.82, 2.24) is 4.98 Å². The first kappa shape index (κ1) is 13.2. The zero-order valence-corrected chi connectivity index (χ0v) is 11.7.